The lowest BCUT2D eigenvalue weighted by Crippen LogP contribution is -2.43. The van der Waals surface area contributed by atoms with Gasteiger partial charge in [0.05, 0.1) is 5.56 Å². The second kappa shape index (κ2) is 5.68. The van der Waals surface area contributed by atoms with Crippen molar-refractivity contribution in [3.63, 3.8) is 0 Å². The van der Waals surface area contributed by atoms with Crippen LogP contribution in [0.2, 0.25) is 0 Å². The number of benzene rings is 1. The van der Waals surface area contributed by atoms with Crippen molar-refractivity contribution < 1.29 is 22.8 Å². The summed E-state index contributed by atoms with van der Waals surface area (Å²) in [6.45, 7) is 2.51. The molecule has 7 nitrogen and oxygen atoms in total. The summed E-state index contributed by atoms with van der Waals surface area (Å²) in [6.07, 6.45) is 0.944. The van der Waals surface area contributed by atoms with Crippen molar-refractivity contribution in [1.82, 2.24) is 0 Å². The van der Waals surface area contributed by atoms with E-state index in [1.165, 1.54) is 19.9 Å². The van der Waals surface area contributed by atoms with E-state index >= 15 is 0 Å². The fourth-order valence-electron chi connectivity index (χ4n) is 1.30. The Morgan fingerprint density at radius 1 is 1.43 bits per heavy atom. The zero-order valence-corrected chi connectivity index (χ0v) is 12.5. The summed E-state index contributed by atoms with van der Waals surface area (Å²) in [7, 11) is -3.64. The van der Waals surface area contributed by atoms with Crippen LogP contribution in [0.1, 0.15) is 19.4 Å². The fraction of sp³-hybridized carbons (Fsp3) is 0.333. The predicted molar refractivity (Wildman–Crippen MR) is 76.5 cm³/mol. The Morgan fingerprint density at radius 2 is 2.00 bits per heavy atom. The third-order valence-corrected chi connectivity index (χ3v) is 5.12. The van der Waals surface area contributed by atoms with Gasteiger partial charge in [0, 0.05) is 11.9 Å². The molecule has 0 unspecified atom stereocenters. The number of oxime groups is 1. The number of anilines is 1. The predicted octanol–water partition coefficient (Wildman–Crippen LogP) is 0.682. The summed E-state index contributed by atoms with van der Waals surface area (Å²) < 4.78 is 35.0. The van der Waals surface area contributed by atoms with Crippen molar-refractivity contribution in [2.75, 3.05) is 11.6 Å². The zero-order chi connectivity index (χ0) is 16.4. The highest BCUT2D eigenvalue weighted by molar-refractivity contribution is 7.92. The van der Waals surface area contributed by atoms with E-state index in [0.29, 0.717) is 0 Å². The van der Waals surface area contributed by atoms with Crippen LogP contribution in [0.5, 0.6) is 0 Å². The molecule has 116 valence electrons. The van der Waals surface area contributed by atoms with Crippen LogP contribution in [-0.2, 0) is 14.6 Å². The molecule has 0 aromatic heterocycles. The molecule has 4 N–H and O–H groups in total. The molecule has 9 heteroatoms. The van der Waals surface area contributed by atoms with Gasteiger partial charge in [0.25, 0.3) is 0 Å². The van der Waals surface area contributed by atoms with Crippen molar-refractivity contribution in [2.24, 2.45) is 10.9 Å². The van der Waals surface area contributed by atoms with Crippen LogP contribution in [0.15, 0.2) is 23.4 Å². The highest BCUT2D eigenvalue weighted by Gasteiger charge is 2.38. The van der Waals surface area contributed by atoms with E-state index in [9.17, 15) is 17.6 Å². The van der Waals surface area contributed by atoms with E-state index in [1.54, 1.807) is 0 Å². The first-order valence-corrected chi connectivity index (χ1v) is 7.68. The van der Waals surface area contributed by atoms with Gasteiger partial charge in [0.15, 0.2) is 15.7 Å². The molecular formula is C12H16FN3O4S. The number of carbonyl (C=O) groups is 1. The molecule has 0 aliphatic heterocycles. The van der Waals surface area contributed by atoms with Gasteiger partial charge in [0.1, 0.15) is 10.6 Å². The number of sulfone groups is 1. The van der Waals surface area contributed by atoms with E-state index in [4.69, 9.17) is 10.9 Å². The van der Waals surface area contributed by atoms with Crippen molar-refractivity contribution in [1.29, 1.82) is 0 Å². The molecule has 1 rings (SSSR count). The maximum atomic E-state index is 13.5. The molecule has 0 saturated heterocycles. The molecular weight excluding hydrogens is 301 g/mol. The fourth-order valence-corrected chi connectivity index (χ4v) is 1.69. The maximum Gasteiger partial charge on any atom is 0.245 e. The molecule has 1 amide bonds. The number of amides is 1. The Morgan fingerprint density at radius 3 is 2.48 bits per heavy atom. The second-order valence-corrected chi connectivity index (χ2v) is 7.48. The van der Waals surface area contributed by atoms with Gasteiger partial charge in [-0.3, -0.25) is 4.79 Å². The summed E-state index contributed by atoms with van der Waals surface area (Å²) in [5, 5.41) is 13.6. The third kappa shape index (κ3) is 3.48. The summed E-state index contributed by atoms with van der Waals surface area (Å²) >= 11 is 0. The molecule has 0 radical (unpaired) electrons. The molecule has 0 saturated carbocycles. The number of halogens is 1. The van der Waals surface area contributed by atoms with Crippen LogP contribution in [0, 0.1) is 5.82 Å². The van der Waals surface area contributed by atoms with Crippen molar-refractivity contribution >= 4 is 27.3 Å². The zero-order valence-electron chi connectivity index (χ0n) is 11.7. The Labute approximate surface area is 121 Å². The molecule has 1 aromatic carbocycles. The summed E-state index contributed by atoms with van der Waals surface area (Å²) in [5.41, 5.74) is 5.21. The molecule has 0 aliphatic carbocycles. The molecule has 0 atom stereocenters. The Kier molecular flexibility index (Phi) is 4.57. The van der Waals surface area contributed by atoms with E-state index in [2.05, 4.69) is 10.5 Å². The topological polar surface area (TPSA) is 122 Å². The van der Waals surface area contributed by atoms with Crippen molar-refractivity contribution in [3.8, 4) is 0 Å². The summed E-state index contributed by atoms with van der Waals surface area (Å²) in [6, 6.07) is 3.39. The smallest absolute Gasteiger partial charge is 0.245 e. The number of nitrogens with one attached hydrogen (secondary N) is 1. The number of nitrogens with two attached hydrogens (primary N) is 1. The Hall–Kier alpha value is -2.16. The number of hydrogen-bond acceptors (Lipinski definition) is 5. The highest BCUT2D eigenvalue weighted by Crippen LogP contribution is 2.20. The lowest BCUT2D eigenvalue weighted by molar-refractivity contribution is -0.117. The number of carbonyl (C=O) groups excluding carboxylic acids is 1. The number of nitrogens with zero attached hydrogens (tertiary/aromatic N) is 1. The van der Waals surface area contributed by atoms with E-state index < -0.39 is 32.1 Å². The second-order valence-electron chi connectivity index (χ2n) is 4.92. The largest absolute Gasteiger partial charge is 0.409 e. The minimum atomic E-state index is -3.64. The molecule has 0 fully saturated rings. The Bertz CT molecular complexity index is 698. The molecule has 21 heavy (non-hydrogen) atoms. The third-order valence-electron chi connectivity index (χ3n) is 3.08. The van der Waals surface area contributed by atoms with Crippen molar-refractivity contribution in [2.45, 2.75) is 18.6 Å². The maximum absolute atomic E-state index is 13.5. The quantitative estimate of drug-likeness (QED) is 0.326. The van der Waals surface area contributed by atoms with Crippen LogP contribution in [0.4, 0.5) is 10.1 Å². The van der Waals surface area contributed by atoms with Crippen LogP contribution in [0.25, 0.3) is 0 Å². The van der Waals surface area contributed by atoms with Crippen LogP contribution >= 0.6 is 0 Å². The molecule has 0 aliphatic rings. The minimum absolute atomic E-state index is 0.125. The minimum Gasteiger partial charge on any atom is -0.409 e. The van der Waals surface area contributed by atoms with Gasteiger partial charge >= 0.3 is 0 Å². The van der Waals surface area contributed by atoms with Gasteiger partial charge in [-0.05, 0) is 32.0 Å². The van der Waals surface area contributed by atoms with Crippen molar-refractivity contribution in [3.05, 3.63) is 29.6 Å². The van der Waals surface area contributed by atoms with Crippen LogP contribution in [-0.4, -0.2) is 36.4 Å². The molecule has 1 aromatic rings. The van der Waals surface area contributed by atoms with Gasteiger partial charge in [-0.25, -0.2) is 12.8 Å². The van der Waals surface area contributed by atoms with Gasteiger partial charge in [-0.15, -0.1) is 0 Å². The van der Waals surface area contributed by atoms with E-state index in [0.717, 1.165) is 18.4 Å². The van der Waals surface area contributed by atoms with E-state index in [1.807, 2.05) is 0 Å². The van der Waals surface area contributed by atoms with Gasteiger partial charge in [-0.1, -0.05) is 5.16 Å². The first kappa shape index (κ1) is 16.9. The van der Waals surface area contributed by atoms with Gasteiger partial charge in [-0.2, -0.15) is 0 Å². The molecule has 0 bridgehead atoms. The highest BCUT2D eigenvalue weighted by atomic mass is 32.2. The standard InChI is InChI=1S/C12H16FN3O4S/c1-12(2,21(3,19)20)11(17)15-7-4-5-9(13)8(6-7)10(14)16-18/h4-6,18H,1-3H3,(H2,14,16)(H,15,17). The summed E-state index contributed by atoms with van der Waals surface area (Å²) in [5.74, 6) is -1.99. The van der Waals surface area contributed by atoms with Crippen LogP contribution in [0.3, 0.4) is 0 Å². The van der Waals surface area contributed by atoms with Crippen LogP contribution < -0.4 is 11.1 Å². The lowest BCUT2D eigenvalue weighted by atomic mass is 10.1. The van der Waals surface area contributed by atoms with E-state index in [-0.39, 0.29) is 11.3 Å². The first-order chi connectivity index (χ1) is 9.50. The lowest BCUT2D eigenvalue weighted by Gasteiger charge is -2.21. The number of amidine groups is 1. The molecule has 0 heterocycles. The molecule has 0 spiro atoms. The SMILES string of the molecule is CC(C)(C(=O)Nc1ccc(F)c(C(N)=NO)c1)S(C)(=O)=O. The first-order valence-electron chi connectivity index (χ1n) is 5.79. The average molecular weight is 317 g/mol. The normalized spacial score (nSPS) is 13.0. The average Bonchev–Trinajstić information content (AvgIpc) is 2.38. The summed E-state index contributed by atoms with van der Waals surface area (Å²) in [4.78, 5) is 12.0. The number of rotatable bonds is 4. The van der Waals surface area contributed by atoms with Gasteiger partial charge < -0.3 is 16.3 Å². The Balaban J connectivity index is 3.13. The monoisotopic (exact) mass is 317 g/mol. The van der Waals surface area contributed by atoms with Gasteiger partial charge in [0.2, 0.25) is 5.91 Å². The number of hydrogen-bond donors (Lipinski definition) is 3.